The first kappa shape index (κ1) is 16.0. The van der Waals surface area contributed by atoms with Crippen molar-refractivity contribution < 1.29 is 19.4 Å². The Morgan fingerprint density at radius 2 is 1.89 bits per heavy atom. The van der Waals surface area contributed by atoms with Crippen LogP contribution in [0.2, 0.25) is 0 Å². The van der Waals surface area contributed by atoms with Crippen molar-refractivity contribution in [2.75, 3.05) is 13.1 Å². The van der Waals surface area contributed by atoms with Gasteiger partial charge >= 0.3 is 10.2 Å². The maximum Gasteiger partial charge on any atom is 0.311 e. The monoisotopic (exact) mass is 304 g/mol. The van der Waals surface area contributed by atoms with Crippen LogP contribution in [0.4, 0.5) is 19.4 Å². The summed E-state index contributed by atoms with van der Waals surface area (Å²) in [5.41, 5.74) is 0. The Balaban J connectivity index is 3.03. The normalized spacial score (nSPS) is 30.6. The van der Waals surface area contributed by atoms with Crippen molar-refractivity contribution in [1.29, 1.82) is 0 Å². The van der Waals surface area contributed by atoms with Crippen molar-refractivity contribution in [2.45, 2.75) is 19.8 Å². The predicted molar refractivity (Wildman–Crippen MR) is 70.1 cm³/mol. The molecule has 0 saturated heterocycles. The highest BCUT2D eigenvalue weighted by atomic mass is 32.5. The van der Waals surface area contributed by atoms with Crippen LogP contribution in [0.5, 0.6) is 0 Å². The molecule has 19 heavy (non-hydrogen) atoms. The molecule has 8 heteroatoms. The number of halogens is 5. The lowest BCUT2D eigenvalue weighted by atomic mass is 10.0. The van der Waals surface area contributed by atoms with Gasteiger partial charge in [0.1, 0.15) is 4.91 Å². The van der Waals surface area contributed by atoms with Gasteiger partial charge in [0.2, 0.25) is 0 Å². The molecule has 0 spiro atoms. The van der Waals surface area contributed by atoms with E-state index in [-0.39, 0.29) is 18.7 Å². The first-order chi connectivity index (χ1) is 8.49. The molecule has 1 N–H and O–H groups in total. The zero-order valence-corrected chi connectivity index (χ0v) is 11.3. The average Bonchev–Trinajstić information content (AvgIpc) is 2.19. The minimum atomic E-state index is -9.67. The number of hydrogen-bond donors (Lipinski definition) is 1. The molecule has 0 aromatic heterocycles. The molecule has 112 valence electrons. The third kappa shape index (κ3) is 6.09. The molecule has 0 aromatic carbocycles. The van der Waals surface area contributed by atoms with Crippen LogP contribution in [0.3, 0.4) is 0 Å². The SMILES string of the molecule is CC1CCN=C/C(S(F)(F)(F)(F)F)=C\C=C\NCC1. The molecule has 0 aromatic rings. The standard InChI is InChI=1S/C11H17F5N2S/c1-10-4-7-17-6-2-3-11(9-18-8-5-10)19(12,13,14,15)16/h2-3,6,9-10,17H,4-5,7-8H2,1H3/b6-2+,11-3+,18-9?. The van der Waals surface area contributed by atoms with Crippen molar-refractivity contribution in [3.8, 4) is 0 Å². The van der Waals surface area contributed by atoms with Gasteiger partial charge < -0.3 is 5.32 Å². The summed E-state index contributed by atoms with van der Waals surface area (Å²) in [6.45, 7) is 2.63. The molecule has 2 nitrogen and oxygen atoms in total. The summed E-state index contributed by atoms with van der Waals surface area (Å²) >= 11 is 0. The van der Waals surface area contributed by atoms with Crippen LogP contribution in [0, 0.1) is 5.92 Å². The van der Waals surface area contributed by atoms with E-state index in [0.717, 1.165) is 12.5 Å². The highest BCUT2D eigenvalue weighted by Gasteiger charge is 2.66. The number of rotatable bonds is 1. The Morgan fingerprint density at radius 3 is 2.53 bits per heavy atom. The molecule has 1 rings (SSSR count). The van der Waals surface area contributed by atoms with Gasteiger partial charge in [-0.1, -0.05) is 26.4 Å². The fourth-order valence-electron chi connectivity index (χ4n) is 1.49. The lowest BCUT2D eigenvalue weighted by molar-refractivity contribution is 0.382. The quantitative estimate of drug-likeness (QED) is 0.693. The fraction of sp³-hybridized carbons (Fsp3) is 0.545. The zero-order chi connectivity index (χ0) is 14.6. The van der Waals surface area contributed by atoms with Gasteiger partial charge in [-0.25, -0.2) is 0 Å². The Labute approximate surface area is 109 Å². The van der Waals surface area contributed by atoms with E-state index < -0.39 is 15.1 Å². The first-order valence-corrected chi connectivity index (χ1v) is 7.78. The van der Waals surface area contributed by atoms with Gasteiger partial charge in [0, 0.05) is 19.3 Å². The summed E-state index contributed by atoms with van der Waals surface area (Å²) < 4.78 is 63.5. The predicted octanol–water partition coefficient (Wildman–Crippen LogP) is 4.77. The minimum absolute atomic E-state index is 0.107. The van der Waals surface area contributed by atoms with Gasteiger partial charge in [0.05, 0.1) is 0 Å². The highest BCUT2D eigenvalue weighted by Crippen LogP contribution is 3.01. The maximum absolute atomic E-state index is 12.7. The fourth-order valence-corrected chi connectivity index (χ4v) is 2.10. The Kier molecular flexibility index (Phi) is 4.05. The van der Waals surface area contributed by atoms with E-state index in [9.17, 15) is 19.4 Å². The molecule has 0 fully saturated rings. The number of allylic oxidation sites excluding steroid dienone is 3. The van der Waals surface area contributed by atoms with Crippen LogP contribution in [-0.2, 0) is 0 Å². The van der Waals surface area contributed by atoms with Crippen molar-refractivity contribution in [1.82, 2.24) is 5.32 Å². The number of nitrogens with one attached hydrogen (secondary N) is 1. The van der Waals surface area contributed by atoms with Gasteiger partial charge in [0.25, 0.3) is 0 Å². The van der Waals surface area contributed by atoms with Crippen LogP contribution in [0.25, 0.3) is 0 Å². The first-order valence-electron chi connectivity index (χ1n) is 5.83. The summed E-state index contributed by atoms with van der Waals surface area (Å²) in [5, 5.41) is 2.76. The van der Waals surface area contributed by atoms with Crippen LogP contribution in [0.1, 0.15) is 19.8 Å². The number of nitrogens with zero attached hydrogens (tertiary/aromatic N) is 1. The number of hydrogen-bond acceptors (Lipinski definition) is 2. The second-order valence-corrected chi connectivity index (χ2v) is 6.98. The molecule has 1 atom stereocenters. The Hall–Kier alpha value is -1.05. The van der Waals surface area contributed by atoms with Gasteiger partial charge in [-0.3, -0.25) is 4.99 Å². The van der Waals surface area contributed by atoms with Crippen LogP contribution < -0.4 is 5.32 Å². The molecule has 0 saturated carbocycles. The summed E-state index contributed by atoms with van der Waals surface area (Å²) in [6, 6.07) is 0. The zero-order valence-electron chi connectivity index (χ0n) is 10.5. The van der Waals surface area contributed by atoms with Gasteiger partial charge in [-0.15, -0.1) is 0 Å². The van der Waals surface area contributed by atoms with Crippen LogP contribution in [-0.4, -0.2) is 19.3 Å². The maximum atomic E-state index is 12.7. The number of aliphatic imine (C=N–C) groups is 1. The molecular formula is C11H17F5N2S. The third-order valence-corrected chi connectivity index (χ3v) is 3.80. The van der Waals surface area contributed by atoms with Crippen molar-refractivity contribution >= 4 is 16.4 Å². The van der Waals surface area contributed by atoms with Gasteiger partial charge in [0.15, 0.2) is 0 Å². The van der Waals surface area contributed by atoms with E-state index in [0.29, 0.717) is 19.0 Å². The lowest BCUT2D eigenvalue weighted by Gasteiger charge is -2.40. The summed E-state index contributed by atoms with van der Waals surface area (Å²) in [7, 11) is -9.67. The van der Waals surface area contributed by atoms with Gasteiger partial charge in [-0.2, -0.15) is 0 Å². The van der Waals surface area contributed by atoms with Gasteiger partial charge in [-0.05, 0) is 37.1 Å². The molecule has 0 amide bonds. The molecule has 0 radical (unpaired) electrons. The topological polar surface area (TPSA) is 24.4 Å². The molecule has 0 bridgehead atoms. The Bertz CT molecular complexity index is 410. The van der Waals surface area contributed by atoms with Crippen LogP contribution >= 0.6 is 10.2 Å². The van der Waals surface area contributed by atoms with E-state index >= 15 is 0 Å². The summed E-state index contributed by atoms with van der Waals surface area (Å²) in [5.74, 6) is 0.268. The second-order valence-electron chi connectivity index (χ2n) is 4.57. The van der Waals surface area contributed by atoms with E-state index in [1.54, 1.807) is 0 Å². The van der Waals surface area contributed by atoms with Crippen LogP contribution in [0.15, 0.2) is 28.2 Å². The van der Waals surface area contributed by atoms with Crippen molar-refractivity contribution in [3.05, 3.63) is 23.3 Å². The smallest absolute Gasteiger partial charge is 0.311 e. The Morgan fingerprint density at radius 1 is 1.21 bits per heavy atom. The minimum Gasteiger partial charge on any atom is -0.391 e. The third-order valence-electron chi connectivity index (χ3n) is 2.67. The molecule has 1 aliphatic heterocycles. The van der Waals surface area contributed by atoms with E-state index in [4.69, 9.17) is 0 Å². The van der Waals surface area contributed by atoms with Crippen molar-refractivity contribution in [2.24, 2.45) is 10.9 Å². The molecule has 1 aliphatic rings. The summed E-state index contributed by atoms with van der Waals surface area (Å²) in [6.07, 6.45) is 4.15. The largest absolute Gasteiger partial charge is 0.391 e. The van der Waals surface area contributed by atoms with E-state index in [1.807, 2.05) is 6.92 Å². The molecule has 1 heterocycles. The van der Waals surface area contributed by atoms with E-state index in [2.05, 4.69) is 10.3 Å². The lowest BCUT2D eigenvalue weighted by Crippen LogP contribution is -2.13. The molecule has 1 unspecified atom stereocenters. The summed E-state index contributed by atoms with van der Waals surface area (Å²) in [4.78, 5) is 1.51. The average molecular weight is 304 g/mol. The second kappa shape index (κ2) is 4.81. The molecular weight excluding hydrogens is 287 g/mol. The highest BCUT2D eigenvalue weighted by molar-refractivity contribution is 8.49. The van der Waals surface area contributed by atoms with Crippen molar-refractivity contribution in [3.63, 3.8) is 0 Å². The molecule has 0 aliphatic carbocycles. The van der Waals surface area contributed by atoms with E-state index in [1.165, 1.54) is 6.20 Å².